The molecule has 0 unspecified atom stereocenters. The molecule has 2 rings (SSSR count). The van der Waals surface area contributed by atoms with Crippen LogP contribution in [0.2, 0.25) is 0 Å². The van der Waals surface area contributed by atoms with Crippen molar-refractivity contribution in [3.63, 3.8) is 0 Å². The zero-order valence-corrected chi connectivity index (χ0v) is 15.5. The van der Waals surface area contributed by atoms with E-state index in [0.29, 0.717) is 29.2 Å². The number of carbonyl (C=O) groups is 1. The summed E-state index contributed by atoms with van der Waals surface area (Å²) in [4.78, 5) is 12.3. The Morgan fingerprint density at radius 3 is 2.37 bits per heavy atom. The molecule has 0 aliphatic carbocycles. The molecule has 0 bridgehead atoms. The van der Waals surface area contributed by atoms with Crippen molar-refractivity contribution >= 4 is 12.0 Å². The minimum atomic E-state index is -0.712. The summed E-state index contributed by atoms with van der Waals surface area (Å²) in [5.41, 5.74) is 1.25. The zero-order chi connectivity index (χ0) is 19.6. The summed E-state index contributed by atoms with van der Waals surface area (Å²) in [6, 6.07) is 14.1. The summed E-state index contributed by atoms with van der Waals surface area (Å²) in [7, 11) is 3.07. The number of hydrogen-bond acceptors (Lipinski definition) is 6. The third-order valence-corrected chi connectivity index (χ3v) is 3.69. The average molecular weight is 367 g/mol. The van der Waals surface area contributed by atoms with Crippen LogP contribution in [0.4, 0.5) is 0 Å². The highest BCUT2D eigenvalue weighted by atomic mass is 16.5. The SMILES string of the molecule is CCOc1ccc(/C=C(\C#N)C(=O)OCc2cc(OC)ccc2OC)cc1. The molecule has 0 aliphatic rings. The van der Waals surface area contributed by atoms with Gasteiger partial charge in [-0.25, -0.2) is 4.79 Å². The third kappa shape index (κ3) is 5.51. The van der Waals surface area contributed by atoms with Gasteiger partial charge in [-0.15, -0.1) is 0 Å². The summed E-state index contributed by atoms with van der Waals surface area (Å²) in [5, 5.41) is 9.29. The highest BCUT2D eigenvalue weighted by molar-refractivity contribution is 5.97. The Labute approximate surface area is 158 Å². The van der Waals surface area contributed by atoms with E-state index in [0.717, 1.165) is 5.75 Å². The Morgan fingerprint density at radius 1 is 1.07 bits per heavy atom. The van der Waals surface area contributed by atoms with Gasteiger partial charge in [0.25, 0.3) is 0 Å². The van der Waals surface area contributed by atoms with E-state index in [2.05, 4.69) is 0 Å². The van der Waals surface area contributed by atoms with E-state index >= 15 is 0 Å². The summed E-state index contributed by atoms with van der Waals surface area (Å²) in [6.07, 6.45) is 1.47. The molecule has 6 nitrogen and oxygen atoms in total. The van der Waals surface area contributed by atoms with E-state index < -0.39 is 5.97 Å². The van der Waals surface area contributed by atoms with Crippen molar-refractivity contribution in [3.8, 4) is 23.3 Å². The van der Waals surface area contributed by atoms with Crippen molar-refractivity contribution in [1.82, 2.24) is 0 Å². The second kappa shape index (κ2) is 9.88. The van der Waals surface area contributed by atoms with Gasteiger partial charge < -0.3 is 18.9 Å². The number of esters is 1. The second-order valence-electron chi connectivity index (χ2n) is 5.43. The Kier molecular flexibility index (Phi) is 7.26. The molecule has 140 valence electrons. The van der Waals surface area contributed by atoms with Crippen LogP contribution in [-0.4, -0.2) is 26.8 Å². The van der Waals surface area contributed by atoms with Gasteiger partial charge in [0.1, 0.15) is 35.5 Å². The molecule has 0 heterocycles. The van der Waals surface area contributed by atoms with E-state index in [-0.39, 0.29) is 12.2 Å². The van der Waals surface area contributed by atoms with Gasteiger partial charge in [0.2, 0.25) is 0 Å². The quantitative estimate of drug-likeness (QED) is 0.402. The summed E-state index contributed by atoms with van der Waals surface area (Å²) in [5.74, 6) is 1.20. The maximum Gasteiger partial charge on any atom is 0.349 e. The van der Waals surface area contributed by atoms with Gasteiger partial charge in [-0.1, -0.05) is 12.1 Å². The highest BCUT2D eigenvalue weighted by Crippen LogP contribution is 2.25. The number of nitriles is 1. The molecular formula is C21H21NO5. The standard InChI is InChI=1S/C21H21NO5/c1-4-26-18-7-5-15(6-8-18)11-16(13-22)21(23)27-14-17-12-19(24-2)9-10-20(17)25-3/h5-12H,4,14H2,1-3H3/b16-11+. The van der Waals surface area contributed by atoms with Crippen molar-refractivity contribution in [2.75, 3.05) is 20.8 Å². The lowest BCUT2D eigenvalue weighted by atomic mass is 10.1. The lowest BCUT2D eigenvalue weighted by Gasteiger charge is -2.11. The van der Waals surface area contributed by atoms with Crippen LogP contribution >= 0.6 is 0 Å². The third-order valence-electron chi connectivity index (χ3n) is 3.69. The molecule has 0 radical (unpaired) electrons. The lowest BCUT2D eigenvalue weighted by Crippen LogP contribution is -2.07. The van der Waals surface area contributed by atoms with Gasteiger partial charge in [0.05, 0.1) is 20.8 Å². The van der Waals surface area contributed by atoms with Gasteiger partial charge in [-0.2, -0.15) is 5.26 Å². The molecule has 0 atom stereocenters. The molecule has 0 N–H and O–H groups in total. The molecule has 0 fully saturated rings. The first kappa shape index (κ1) is 19.9. The van der Waals surface area contributed by atoms with Crippen LogP contribution in [0.5, 0.6) is 17.2 Å². The summed E-state index contributed by atoms with van der Waals surface area (Å²) < 4.78 is 21.1. The number of benzene rings is 2. The van der Waals surface area contributed by atoms with Crippen LogP contribution in [0, 0.1) is 11.3 Å². The van der Waals surface area contributed by atoms with Crippen LogP contribution in [0.15, 0.2) is 48.0 Å². The molecule has 0 saturated heterocycles. The van der Waals surface area contributed by atoms with Crippen molar-refractivity contribution in [3.05, 3.63) is 59.2 Å². The fourth-order valence-corrected chi connectivity index (χ4v) is 2.35. The van der Waals surface area contributed by atoms with E-state index in [4.69, 9.17) is 18.9 Å². The average Bonchev–Trinajstić information content (AvgIpc) is 2.71. The van der Waals surface area contributed by atoms with E-state index in [1.165, 1.54) is 13.2 Å². The van der Waals surface area contributed by atoms with Crippen LogP contribution in [0.3, 0.4) is 0 Å². The first-order valence-corrected chi connectivity index (χ1v) is 8.34. The smallest absolute Gasteiger partial charge is 0.349 e. The van der Waals surface area contributed by atoms with E-state index in [1.54, 1.807) is 49.6 Å². The largest absolute Gasteiger partial charge is 0.497 e. The molecule has 6 heteroatoms. The van der Waals surface area contributed by atoms with Gasteiger partial charge in [0, 0.05) is 5.56 Å². The van der Waals surface area contributed by atoms with Gasteiger partial charge in [-0.05, 0) is 48.9 Å². The maximum atomic E-state index is 12.3. The fourth-order valence-electron chi connectivity index (χ4n) is 2.35. The molecule has 0 aliphatic heterocycles. The summed E-state index contributed by atoms with van der Waals surface area (Å²) >= 11 is 0. The molecule has 0 amide bonds. The number of methoxy groups -OCH3 is 2. The minimum Gasteiger partial charge on any atom is -0.497 e. The Hall–Kier alpha value is -3.46. The van der Waals surface area contributed by atoms with Crippen LogP contribution in [-0.2, 0) is 16.1 Å². The topological polar surface area (TPSA) is 77.8 Å². The van der Waals surface area contributed by atoms with Gasteiger partial charge in [0.15, 0.2) is 0 Å². The van der Waals surface area contributed by atoms with Crippen molar-refractivity contribution in [2.24, 2.45) is 0 Å². The van der Waals surface area contributed by atoms with Crippen LogP contribution in [0.1, 0.15) is 18.1 Å². The number of carbonyl (C=O) groups excluding carboxylic acids is 1. The molecule has 0 spiro atoms. The number of rotatable bonds is 8. The van der Waals surface area contributed by atoms with Crippen molar-refractivity contribution < 1.29 is 23.7 Å². The number of hydrogen-bond donors (Lipinski definition) is 0. The fraction of sp³-hybridized carbons (Fsp3) is 0.238. The maximum absolute atomic E-state index is 12.3. The number of ether oxygens (including phenoxy) is 4. The minimum absolute atomic E-state index is 0.0402. The monoisotopic (exact) mass is 367 g/mol. The normalized spacial score (nSPS) is 10.7. The highest BCUT2D eigenvalue weighted by Gasteiger charge is 2.13. The van der Waals surface area contributed by atoms with Crippen molar-refractivity contribution in [1.29, 1.82) is 5.26 Å². The van der Waals surface area contributed by atoms with E-state index in [9.17, 15) is 10.1 Å². The Morgan fingerprint density at radius 2 is 1.78 bits per heavy atom. The van der Waals surface area contributed by atoms with Crippen molar-refractivity contribution in [2.45, 2.75) is 13.5 Å². The molecule has 0 aromatic heterocycles. The van der Waals surface area contributed by atoms with Crippen LogP contribution in [0.25, 0.3) is 6.08 Å². The zero-order valence-electron chi connectivity index (χ0n) is 15.5. The first-order valence-electron chi connectivity index (χ1n) is 8.34. The van der Waals surface area contributed by atoms with E-state index in [1.807, 2.05) is 13.0 Å². The molecule has 2 aromatic rings. The lowest BCUT2D eigenvalue weighted by molar-refractivity contribution is -0.139. The number of nitrogens with zero attached hydrogens (tertiary/aromatic N) is 1. The van der Waals surface area contributed by atoms with Gasteiger partial charge >= 0.3 is 5.97 Å². The molecule has 27 heavy (non-hydrogen) atoms. The van der Waals surface area contributed by atoms with Crippen LogP contribution < -0.4 is 14.2 Å². The predicted octanol–water partition coefficient (Wildman–Crippen LogP) is 3.75. The second-order valence-corrected chi connectivity index (χ2v) is 5.43. The van der Waals surface area contributed by atoms with Gasteiger partial charge in [-0.3, -0.25) is 0 Å². The Balaban J connectivity index is 2.10. The molecule has 2 aromatic carbocycles. The summed E-state index contributed by atoms with van der Waals surface area (Å²) in [6.45, 7) is 2.43. The molecular weight excluding hydrogens is 346 g/mol. The Bertz CT molecular complexity index is 850. The molecule has 0 saturated carbocycles. The first-order chi connectivity index (χ1) is 13.1. The predicted molar refractivity (Wildman–Crippen MR) is 101 cm³/mol.